The molecule has 4 heteroatoms. The van der Waals surface area contributed by atoms with Crippen LogP contribution in [0.1, 0.15) is 26.2 Å². The van der Waals surface area contributed by atoms with Gasteiger partial charge in [0, 0.05) is 11.8 Å². The van der Waals surface area contributed by atoms with E-state index in [1.807, 2.05) is 0 Å². The van der Waals surface area contributed by atoms with Gasteiger partial charge in [-0.3, -0.25) is 9.59 Å². The molecule has 0 aliphatic heterocycles. The maximum atomic E-state index is 11.0. The van der Waals surface area contributed by atoms with E-state index in [-0.39, 0.29) is 11.8 Å². The normalized spacial score (nSPS) is 34.2. The van der Waals surface area contributed by atoms with Crippen LogP contribution in [-0.4, -0.2) is 10.5 Å². The Kier molecular flexibility index (Phi) is 3.74. The van der Waals surface area contributed by atoms with E-state index in [0.29, 0.717) is 18.8 Å². The molecule has 0 aromatic carbocycles. The molecule has 74 valence electrons. The molecule has 1 aliphatic carbocycles. The summed E-state index contributed by atoms with van der Waals surface area (Å²) in [5.41, 5.74) is 0. The average Bonchev–Trinajstić information content (AvgIpc) is 2.03. The van der Waals surface area contributed by atoms with Crippen LogP contribution in [0.3, 0.4) is 0 Å². The fourth-order valence-electron chi connectivity index (χ4n) is 1.90. The first-order chi connectivity index (χ1) is 6.02. The zero-order chi connectivity index (χ0) is 10.0. The number of hydrogen-bond acceptors (Lipinski definition) is 2. The van der Waals surface area contributed by atoms with Gasteiger partial charge in [0.1, 0.15) is 0 Å². The van der Waals surface area contributed by atoms with Gasteiger partial charge in [-0.2, -0.15) is 0 Å². The zero-order valence-electron chi connectivity index (χ0n) is 7.43. The Morgan fingerprint density at radius 1 is 1.08 bits per heavy atom. The van der Waals surface area contributed by atoms with Crippen LogP contribution in [0, 0.1) is 17.8 Å². The Balaban J connectivity index is 2.72. The van der Waals surface area contributed by atoms with Crippen molar-refractivity contribution in [2.75, 3.05) is 0 Å². The molecule has 0 aromatic heterocycles. The molecule has 0 aromatic rings. The van der Waals surface area contributed by atoms with Crippen LogP contribution in [-0.2, 0) is 9.59 Å². The molecule has 13 heavy (non-hydrogen) atoms. The largest absolute Gasteiger partial charge is 0.281 e. The van der Waals surface area contributed by atoms with Crippen LogP contribution < -0.4 is 0 Å². The van der Waals surface area contributed by atoms with Crippen LogP contribution in [0.25, 0.3) is 0 Å². The maximum absolute atomic E-state index is 11.0. The monoisotopic (exact) mass is 222 g/mol. The molecule has 1 aliphatic rings. The molecule has 1 rings (SSSR count). The summed E-state index contributed by atoms with van der Waals surface area (Å²) >= 11 is 10.8. The van der Waals surface area contributed by atoms with Gasteiger partial charge < -0.3 is 0 Å². The lowest BCUT2D eigenvalue weighted by Crippen LogP contribution is -2.31. The van der Waals surface area contributed by atoms with Gasteiger partial charge in [-0.25, -0.2) is 0 Å². The molecule has 0 radical (unpaired) electrons. The Hall–Kier alpha value is -0.0800. The molecule has 3 unspecified atom stereocenters. The second-order valence-corrected chi connectivity index (χ2v) is 4.48. The van der Waals surface area contributed by atoms with Crippen molar-refractivity contribution in [2.45, 2.75) is 26.2 Å². The molecule has 1 fully saturated rings. The highest BCUT2D eigenvalue weighted by Gasteiger charge is 2.36. The number of carbonyl (C=O) groups is 2. The van der Waals surface area contributed by atoms with E-state index in [4.69, 9.17) is 23.2 Å². The van der Waals surface area contributed by atoms with Gasteiger partial charge >= 0.3 is 0 Å². The standard InChI is InChI=1S/C9H12Cl2O2/c1-5-2-3-6(8(10)12)7(4-5)9(11)13/h5-7H,2-4H2,1H3. The smallest absolute Gasteiger partial charge is 0.225 e. The van der Waals surface area contributed by atoms with E-state index in [2.05, 4.69) is 6.92 Å². The lowest BCUT2D eigenvalue weighted by Gasteiger charge is -2.29. The first-order valence-electron chi connectivity index (χ1n) is 4.41. The SMILES string of the molecule is CC1CCC(C(=O)Cl)C(C(=O)Cl)C1. The van der Waals surface area contributed by atoms with Gasteiger partial charge in [0.25, 0.3) is 0 Å². The van der Waals surface area contributed by atoms with Crippen molar-refractivity contribution in [3.05, 3.63) is 0 Å². The summed E-state index contributed by atoms with van der Waals surface area (Å²) in [6.45, 7) is 2.06. The van der Waals surface area contributed by atoms with Crippen LogP contribution in [0.15, 0.2) is 0 Å². The number of carbonyl (C=O) groups excluding carboxylic acids is 2. The fraction of sp³-hybridized carbons (Fsp3) is 0.778. The van der Waals surface area contributed by atoms with E-state index in [9.17, 15) is 9.59 Å². The van der Waals surface area contributed by atoms with Crippen molar-refractivity contribution in [3.63, 3.8) is 0 Å². The lowest BCUT2D eigenvalue weighted by atomic mass is 9.76. The zero-order valence-corrected chi connectivity index (χ0v) is 8.94. The molecule has 0 amide bonds. The molecular formula is C9H12Cl2O2. The second-order valence-electron chi connectivity index (χ2n) is 3.74. The van der Waals surface area contributed by atoms with Gasteiger partial charge in [0.05, 0.1) is 0 Å². The van der Waals surface area contributed by atoms with Crippen LogP contribution in [0.5, 0.6) is 0 Å². The van der Waals surface area contributed by atoms with E-state index >= 15 is 0 Å². The highest BCUT2D eigenvalue weighted by molar-refractivity contribution is 6.66. The molecule has 0 spiro atoms. The summed E-state index contributed by atoms with van der Waals surface area (Å²) in [5, 5.41) is -0.851. The Morgan fingerprint density at radius 2 is 1.62 bits per heavy atom. The van der Waals surface area contributed by atoms with Gasteiger partial charge in [0.2, 0.25) is 10.5 Å². The fourth-order valence-corrected chi connectivity index (χ4v) is 2.41. The lowest BCUT2D eigenvalue weighted by molar-refractivity contribution is -0.126. The molecule has 0 heterocycles. The summed E-state index contributed by atoms with van der Waals surface area (Å²) in [7, 11) is 0. The number of rotatable bonds is 2. The topological polar surface area (TPSA) is 34.1 Å². The van der Waals surface area contributed by atoms with Gasteiger partial charge in [0.15, 0.2) is 0 Å². The van der Waals surface area contributed by atoms with Gasteiger partial charge in [-0.1, -0.05) is 6.92 Å². The minimum Gasteiger partial charge on any atom is -0.281 e. The summed E-state index contributed by atoms with van der Waals surface area (Å²) in [6.07, 6.45) is 2.32. The predicted octanol–water partition coefficient (Wildman–Crippen LogP) is 2.57. The minimum absolute atomic E-state index is 0.358. The van der Waals surface area contributed by atoms with E-state index in [0.717, 1.165) is 6.42 Å². The van der Waals surface area contributed by atoms with Gasteiger partial charge in [-0.05, 0) is 48.4 Å². The van der Waals surface area contributed by atoms with Crippen molar-refractivity contribution in [1.82, 2.24) is 0 Å². The van der Waals surface area contributed by atoms with Crippen molar-refractivity contribution >= 4 is 33.7 Å². The summed E-state index contributed by atoms with van der Waals surface area (Å²) < 4.78 is 0. The molecule has 0 bridgehead atoms. The van der Waals surface area contributed by atoms with Crippen molar-refractivity contribution in [3.8, 4) is 0 Å². The summed E-state index contributed by atoms with van der Waals surface area (Å²) in [4.78, 5) is 22.0. The third kappa shape index (κ3) is 2.68. The minimum atomic E-state index is -0.425. The average molecular weight is 223 g/mol. The molecule has 0 N–H and O–H groups in total. The van der Waals surface area contributed by atoms with Crippen LogP contribution in [0.4, 0.5) is 0 Å². The first-order valence-corrected chi connectivity index (χ1v) is 5.16. The summed E-state index contributed by atoms with van der Waals surface area (Å²) in [6, 6.07) is 0. The molecule has 1 saturated carbocycles. The van der Waals surface area contributed by atoms with E-state index in [1.165, 1.54) is 0 Å². The Labute approximate surface area is 87.6 Å². The van der Waals surface area contributed by atoms with Crippen LogP contribution >= 0.6 is 23.2 Å². The predicted molar refractivity (Wildman–Crippen MR) is 51.7 cm³/mol. The Morgan fingerprint density at radius 3 is 2.08 bits per heavy atom. The maximum Gasteiger partial charge on any atom is 0.225 e. The molecular weight excluding hydrogens is 211 g/mol. The van der Waals surface area contributed by atoms with E-state index in [1.54, 1.807) is 0 Å². The van der Waals surface area contributed by atoms with Crippen molar-refractivity contribution in [2.24, 2.45) is 17.8 Å². The molecule has 3 atom stereocenters. The third-order valence-electron chi connectivity index (χ3n) is 2.70. The highest BCUT2D eigenvalue weighted by atomic mass is 35.5. The Bertz CT molecular complexity index is 228. The van der Waals surface area contributed by atoms with Crippen LogP contribution in [0.2, 0.25) is 0 Å². The van der Waals surface area contributed by atoms with E-state index < -0.39 is 10.5 Å². The number of halogens is 2. The third-order valence-corrected chi connectivity index (χ3v) is 3.26. The van der Waals surface area contributed by atoms with Crippen molar-refractivity contribution < 1.29 is 9.59 Å². The highest BCUT2D eigenvalue weighted by Crippen LogP contribution is 2.36. The molecule has 0 saturated heterocycles. The number of hydrogen-bond donors (Lipinski definition) is 0. The first kappa shape index (κ1) is 11.0. The quantitative estimate of drug-likeness (QED) is 0.674. The van der Waals surface area contributed by atoms with Crippen molar-refractivity contribution in [1.29, 1.82) is 0 Å². The second kappa shape index (κ2) is 4.43. The molecule has 2 nitrogen and oxygen atoms in total. The summed E-state index contributed by atoms with van der Waals surface area (Å²) in [5.74, 6) is -0.266. The van der Waals surface area contributed by atoms with Gasteiger partial charge in [-0.15, -0.1) is 0 Å².